The molecule has 1 aliphatic carbocycles. The van der Waals surface area contributed by atoms with Crippen molar-refractivity contribution in [3.05, 3.63) is 70.4 Å². The largest absolute Gasteiger partial charge is 0.489 e. The Morgan fingerprint density at radius 1 is 1.17 bits per heavy atom. The Hall–Kier alpha value is -1.85. The topological polar surface area (TPSA) is 9.23 Å². The standard InChI is InChI=1S/C27H37OSi2/c1-10-15-28-25-23(16-19(2)26(29(6)7)24(25)27(3,4)5)30(8,9)22-17-20-13-11-12-14-21(20)18-22/h10-14,16-17H,1,15,18H2,2-9H3. The number of aryl methyl sites for hydroxylation is 1. The summed E-state index contributed by atoms with van der Waals surface area (Å²) in [6.07, 6.45) is 5.39. The summed E-state index contributed by atoms with van der Waals surface area (Å²) in [5, 5.41) is 4.58. The van der Waals surface area contributed by atoms with Crippen LogP contribution >= 0.6 is 0 Å². The van der Waals surface area contributed by atoms with Gasteiger partial charge in [-0.2, -0.15) is 0 Å². The van der Waals surface area contributed by atoms with Crippen molar-refractivity contribution < 1.29 is 4.74 Å². The van der Waals surface area contributed by atoms with Crippen LogP contribution in [0, 0.1) is 6.92 Å². The van der Waals surface area contributed by atoms with E-state index in [1.54, 1.807) is 10.4 Å². The Balaban J connectivity index is 2.26. The van der Waals surface area contributed by atoms with Crippen molar-refractivity contribution in [2.24, 2.45) is 0 Å². The van der Waals surface area contributed by atoms with Crippen molar-refractivity contribution in [3.8, 4) is 5.75 Å². The highest BCUT2D eigenvalue weighted by molar-refractivity contribution is 6.97. The van der Waals surface area contributed by atoms with Crippen LogP contribution in [0.3, 0.4) is 0 Å². The number of hydrogen-bond donors (Lipinski definition) is 0. The molecular formula is C27H37OSi2. The molecule has 1 aliphatic rings. The second-order valence-electron chi connectivity index (χ2n) is 10.3. The second-order valence-corrected chi connectivity index (χ2v) is 17.3. The third-order valence-corrected chi connectivity index (χ3v) is 11.6. The summed E-state index contributed by atoms with van der Waals surface area (Å²) in [5.41, 5.74) is 5.75. The highest BCUT2D eigenvalue weighted by atomic mass is 28.3. The van der Waals surface area contributed by atoms with Crippen LogP contribution in [-0.4, -0.2) is 23.5 Å². The van der Waals surface area contributed by atoms with E-state index in [0.29, 0.717) is 6.61 Å². The molecule has 1 nitrogen and oxygen atoms in total. The van der Waals surface area contributed by atoms with Gasteiger partial charge < -0.3 is 4.74 Å². The summed E-state index contributed by atoms with van der Waals surface area (Å²) in [6.45, 7) is 23.6. The smallest absolute Gasteiger partial charge is 0.123 e. The van der Waals surface area contributed by atoms with Crippen molar-refractivity contribution in [1.29, 1.82) is 0 Å². The summed E-state index contributed by atoms with van der Waals surface area (Å²) in [5.74, 6) is 1.14. The van der Waals surface area contributed by atoms with Crippen LogP contribution in [0.5, 0.6) is 5.75 Å². The van der Waals surface area contributed by atoms with E-state index in [0.717, 1.165) is 12.2 Å². The fourth-order valence-corrected chi connectivity index (χ4v) is 9.46. The predicted molar refractivity (Wildman–Crippen MR) is 138 cm³/mol. The van der Waals surface area contributed by atoms with Gasteiger partial charge in [0, 0.05) is 0 Å². The zero-order valence-electron chi connectivity index (χ0n) is 20.1. The average molecular weight is 434 g/mol. The van der Waals surface area contributed by atoms with Crippen molar-refractivity contribution in [1.82, 2.24) is 0 Å². The molecule has 2 aromatic rings. The lowest BCUT2D eigenvalue weighted by Gasteiger charge is -2.35. The van der Waals surface area contributed by atoms with Crippen LogP contribution in [0.1, 0.15) is 43.0 Å². The summed E-state index contributed by atoms with van der Waals surface area (Å²) < 4.78 is 6.52. The van der Waals surface area contributed by atoms with Crippen LogP contribution < -0.4 is 15.1 Å². The maximum atomic E-state index is 6.52. The van der Waals surface area contributed by atoms with E-state index in [-0.39, 0.29) is 5.41 Å². The van der Waals surface area contributed by atoms with Gasteiger partial charge in [-0.3, -0.25) is 0 Å². The Morgan fingerprint density at radius 3 is 2.40 bits per heavy atom. The lowest BCUT2D eigenvalue weighted by Crippen LogP contribution is -2.48. The van der Waals surface area contributed by atoms with E-state index in [9.17, 15) is 0 Å². The maximum Gasteiger partial charge on any atom is 0.123 e. The van der Waals surface area contributed by atoms with Gasteiger partial charge in [0.2, 0.25) is 0 Å². The SMILES string of the molecule is C=CCOc1c([Si](C)(C)C2=Cc3ccccc3C2)cc(C)c([Si](C)C)c1C(C)(C)C. The third-order valence-electron chi connectivity index (χ3n) is 6.31. The molecule has 3 rings (SSSR count). The molecule has 0 heterocycles. The van der Waals surface area contributed by atoms with E-state index in [2.05, 4.69) is 96.9 Å². The molecule has 2 aromatic carbocycles. The lowest BCUT2D eigenvalue weighted by molar-refractivity contribution is 0.354. The summed E-state index contributed by atoms with van der Waals surface area (Å²) in [7, 11) is -2.55. The van der Waals surface area contributed by atoms with Crippen molar-refractivity contribution in [3.63, 3.8) is 0 Å². The molecule has 0 amide bonds. The third kappa shape index (κ3) is 4.15. The van der Waals surface area contributed by atoms with Gasteiger partial charge in [0.1, 0.15) is 20.4 Å². The van der Waals surface area contributed by atoms with Gasteiger partial charge in [0.15, 0.2) is 0 Å². The van der Waals surface area contributed by atoms with Crippen LogP contribution in [0.25, 0.3) is 6.08 Å². The van der Waals surface area contributed by atoms with Crippen molar-refractivity contribution >= 4 is 33.3 Å². The molecule has 0 aromatic heterocycles. The molecule has 0 bridgehead atoms. The van der Waals surface area contributed by atoms with Crippen molar-refractivity contribution in [2.45, 2.75) is 65.7 Å². The molecule has 0 unspecified atom stereocenters. The molecule has 0 saturated heterocycles. The summed E-state index contributed by atoms with van der Waals surface area (Å²) >= 11 is 0. The first-order chi connectivity index (χ1) is 14.0. The molecule has 3 heteroatoms. The zero-order valence-corrected chi connectivity index (χ0v) is 22.1. The molecule has 30 heavy (non-hydrogen) atoms. The first-order valence-electron chi connectivity index (χ1n) is 11.0. The number of ether oxygens (including phenoxy) is 1. The second kappa shape index (κ2) is 8.35. The van der Waals surface area contributed by atoms with Gasteiger partial charge in [-0.1, -0.05) is 112 Å². The van der Waals surface area contributed by atoms with Gasteiger partial charge in [0.05, 0.1) is 8.80 Å². The van der Waals surface area contributed by atoms with Gasteiger partial charge in [-0.05, 0) is 40.6 Å². The van der Waals surface area contributed by atoms with Gasteiger partial charge in [0.25, 0.3) is 0 Å². The first kappa shape index (κ1) is 22.8. The van der Waals surface area contributed by atoms with E-state index in [1.165, 1.54) is 27.4 Å². The molecule has 1 radical (unpaired) electrons. The molecule has 0 fully saturated rings. The minimum absolute atomic E-state index is 0.0338. The Kier molecular flexibility index (Phi) is 6.36. The molecule has 0 atom stereocenters. The van der Waals surface area contributed by atoms with E-state index >= 15 is 0 Å². The monoisotopic (exact) mass is 433 g/mol. The van der Waals surface area contributed by atoms with Crippen molar-refractivity contribution in [2.75, 3.05) is 6.61 Å². The number of allylic oxidation sites excluding steroid dienone is 1. The maximum absolute atomic E-state index is 6.52. The van der Waals surface area contributed by atoms with Crippen LogP contribution in [0.4, 0.5) is 0 Å². The number of rotatable bonds is 6. The van der Waals surface area contributed by atoms with Gasteiger partial charge in [-0.15, -0.1) is 0 Å². The van der Waals surface area contributed by atoms with Gasteiger partial charge in [-0.25, -0.2) is 0 Å². The fourth-order valence-electron chi connectivity index (χ4n) is 4.77. The predicted octanol–water partition coefficient (Wildman–Crippen LogP) is 5.91. The first-order valence-corrected chi connectivity index (χ1v) is 16.5. The fraction of sp³-hybridized carbons (Fsp3) is 0.407. The minimum atomic E-state index is -1.92. The average Bonchev–Trinajstić information content (AvgIpc) is 3.10. The molecular weight excluding hydrogens is 396 g/mol. The number of hydrogen-bond acceptors (Lipinski definition) is 1. The quantitative estimate of drug-likeness (QED) is 0.406. The Morgan fingerprint density at radius 2 is 1.83 bits per heavy atom. The normalized spacial score (nSPS) is 14.0. The van der Waals surface area contributed by atoms with Crippen LogP contribution in [0.2, 0.25) is 26.2 Å². The highest BCUT2D eigenvalue weighted by Crippen LogP contribution is 2.36. The van der Waals surface area contributed by atoms with Gasteiger partial charge >= 0.3 is 0 Å². The Bertz CT molecular complexity index is 991. The molecule has 0 aliphatic heterocycles. The Labute approximate surface area is 186 Å². The van der Waals surface area contributed by atoms with E-state index in [4.69, 9.17) is 4.74 Å². The molecule has 0 saturated carbocycles. The molecule has 0 N–H and O–H groups in total. The molecule has 159 valence electrons. The summed E-state index contributed by atoms with van der Waals surface area (Å²) in [4.78, 5) is 0. The molecule has 0 spiro atoms. The zero-order chi connectivity index (χ0) is 22.3. The lowest BCUT2D eigenvalue weighted by atomic mass is 9.85. The highest BCUT2D eigenvalue weighted by Gasteiger charge is 2.38. The summed E-state index contributed by atoms with van der Waals surface area (Å²) in [6, 6.07) is 11.3. The number of fused-ring (bicyclic) bond motifs is 1. The van der Waals surface area contributed by atoms with Crippen LogP contribution in [-0.2, 0) is 11.8 Å². The van der Waals surface area contributed by atoms with E-state index < -0.39 is 16.9 Å². The number of benzene rings is 2. The minimum Gasteiger partial charge on any atom is -0.489 e. The van der Waals surface area contributed by atoms with E-state index in [1.807, 2.05) is 6.08 Å². The van der Waals surface area contributed by atoms with Crippen LogP contribution in [0.15, 0.2) is 48.2 Å².